The summed E-state index contributed by atoms with van der Waals surface area (Å²) >= 11 is 0. The zero-order chi connectivity index (χ0) is 27.3. The van der Waals surface area contributed by atoms with Crippen molar-refractivity contribution in [3.63, 3.8) is 0 Å². The van der Waals surface area contributed by atoms with Crippen molar-refractivity contribution in [1.29, 1.82) is 0 Å². The van der Waals surface area contributed by atoms with Crippen LogP contribution < -0.4 is 10.2 Å². The van der Waals surface area contributed by atoms with Gasteiger partial charge in [0.15, 0.2) is 0 Å². The van der Waals surface area contributed by atoms with Gasteiger partial charge >= 0.3 is 5.97 Å². The van der Waals surface area contributed by atoms with Crippen molar-refractivity contribution in [3.05, 3.63) is 90.0 Å². The smallest absolute Gasteiger partial charge is 0.337 e. The number of para-hydroxylation sites is 1. The van der Waals surface area contributed by atoms with Gasteiger partial charge < -0.3 is 10.1 Å². The Hall–Kier alpha value is -4.53. The van der Waals surface area contributed by atoms with E-state index in [0.717, 1.165) is 0 Å². The lowest BCUT2D eigenvalue weighted by atomic mass is 9.98. The summed E-state index contributed by atoms with van der Waals surface area (Å²) in [5.74, 6) is -1.29. The first-order valence-electron chi connectivity index (χ1n) is 12.4. The lowest BCUT2D eigenvalue weighted by Gasteiger charge is -2.34. The highest BCUT2D eigenvalue weighted by Crippen LogP contribution is 2.30. The minimum absolute atomic E-state index is 0.170. The van der Waals surface area contributed by atoms with E-state index < -0.39 is 23.5 Å². The molecule has 0 aliphatic heterocycles. The predicted molar refractivity (Wildman–Crippen MR) is 144 cm³/mol. The van der Waals surface area contributed by atoms with Gasteiger partial charge in [-0.05, 0) is 56.2 Å². The molecule has 0 radical (unpaired) electrons. The molecule has 196 valence electrons. The van der Waals surface area contributed by atoms with E-state index in [2.05, 4.69) is 15.6 Å². The third kappa shape index (κ3) is 5.72. The number of hydrogen-bond donors (Lipinski definition) is 1. The van der Waals surface area contributed by atoms with Crippen LogP contribution in [0.2, 0.25) is 0 Å². The number of aromatic nitrogens is 3. The molecule has 38 heavy (non-hydrogen) atoms. The molecule has 3 aromatic carbocycles. The maximum Gasteiger partial charge on any atom is 0.337 e. The summed E-state index contributed by atoms with van der Waals surface area (Å²) in [7, 11) is 1.29. The molecule has 1 atom stereocenters. The molecule has 0 aliphatic carbocycles. The van der Waals surface area contributed by atoms with Crippen LogP contribution in [0.15, 0.2) is 78.9 Å². The van der Waals surface area contributed by atoms with Crippen LogP contribution >= 0.6 is 0 Å². The molecule has 4 aromatic rings. The minimum atomic E-state index is -1.02. The van der Waals surface area contributed by atoms with E-state index in [1.165, 1.54) is 16.7 Å². The Balaban J connectivity index is 1.84. The number of esters is 1. The number of nitrogens with zero attached hydrogens (tertiary/aromatic N) is 4. The maximum absolute atomic E-state index is 14.1. The summed E-state index contributed by atoms with van der Waals surface area (Å²) in [6.45, 7) is 5.67. The number of rotatable bonds is 9. The summed E-state index contributed by atoms with van der Waals surface area (Å²) in [5.41, 5.74) is 2.10. The molecule has 9 heteroatoms. The summed E-state index contributed by atoms with van der Waals surface area (Å²) in [5, 5.41) is 11.4. The second kappa shape index (κ2) is 11.2. The predicted octanol–water partition coefficient (Wildman–Crippen LogP) is 4.30. The fourth-order valence-electron chi connectivity index (χ4n) is 4.12. The van der Waals surface area contributed by atoms with E-state index in [1.54, 1.807) is 36.4 Å². The van der Waals surface area contributed by atoms with Gasteiger partial charge in [-0.2, -0.15) is 0 Å². The zero-order valence-electron chi connectivity index (χ0n) is 21.9. The standard InChI is InChI=1S/C29H31N5O4/c1-5-29(2,3)30-27(36)26(20-12-7-6-8-13-20)34(22-15-11-14-21(18-22)28(37)38-4)25(35)19-33-24-17-10-9-16-23(24)31-32-33/h6-18,26H,5,19H2,1-4H3,(H,30,36)/t26-/m0/s1. The quantitative estimate of drug-likeness (QED) is 0.335. The van der Waals surface area contributed by atoms with Crippen LogP contribution in [0.1, 0.15) is 49.2 Å². The van der Waals surface area contributed by atoms with Crippen molar-refractivity contribution in [2.45, 2.75) is 45.3 Å². The number of hydrogen-bond acceptors (Lipinski definition) is 6. The van der Waals surface area contributed by atoms with Gasteiger partial charge in [-0.15, -0.1) is 5.10 Å². The Kier molecular flexibility index (Phi) is 7.85. The molecule has 1 N–H and O–H groups in total. The topological polar surface area (TPSA) is 106 Å². The molecule has 0 saturated carbocycles. The number of anilines is 1. The second-order valence-corrected chi connectivity index (χ2v) is 9.58. The van der Waals surface area contributed by atoms with Crippen molar-refractivity contribution in [2.24, 2.45) is 0 Å². The number of benzene rings is 3. The number of amides is 2. The molecule has 1 aromatic heterocycles. The maximum atomic E-state index is 14.1. The first-order chi connectivity index (χ1) is 18.2. The van der Waals surface area contributed by atoms with Crippen LogP contribution in [0.5, 0.6) is 0 Å². The van der Waals surface area contributed by atoms with Crippen LogP contribution in [0.3, 0.4) is 0 Å². The average Bonchev–Trinajstić information content (AvgIpc) is 3.33. The number of nitrogens with one attached hydrogen (secondary N) is 1. The summed E-state index contributed by atoms with van der Waals surface area (Å²) in [6, 6.07) is 21.9. The van der Waals surface area contributed by atoms with Crippen LogP contribution in [0, 0.1) is 0 Å². The monoisotopic (exact) mass is 513 g/mol. The van der Waals surface area contributed by atoms with Gasteiger partial charge in [-0.3, -0.25) is 14.5 Å². The molecule has 0 aliphatic rings. The van der Waals surface area contributed by atoms with Crippen molar-refractivity contribution in [1.82, 2.24) is 20.3 Å². The average molecular weight is 514 g/mol. The highest BCUT2D eigenvalue weighted by atomic mass is 16.5. The third-order valence-electron chi connectivity index (χ3n) is 6.49. The van der Waals surface area contributed by atoms with E-state index in [4.69, 9.17) is 4.74 Å². The summed E-state index contributed by atoms with van der Waals surface area (Å²) in [6.07, 6.45) is 0.691. The zero-order valence-corrected chi connectivity index (χ0v) is 21.9. The SMILES string of the molecule is CCC(C)(C)NC(=O)[C@H](c1ccccc1)N(C(=O)Cn1nnc2ccccc21)c1cccc(C(=O)OC)c1. The lowest BCUT2D eigenvalue weighted by molar-refractivity contribution is -0.128. The van der Waals surface area contributed by atoms with Gasteiger partial charge in [0.25, 0.3) is 0 Å². The lowest BCUT2D eigenvalue weighted by Crippen LogP contribution is -2.51. The molecule has 4 rings (SSSR count). The van der Waals surface area contributed by atoms with E-state index in [-0.39, 0.29) is 18.0 Å². The Morgan fingerprint density at radius 1 is 1.00 bits per heavy atom. The molecule has 0 spiro atoms. The molecule has 2 amide bonds. The molecule has 0 saturated heterocycles. The van der Waals surface area contributed by atoms with Gasteiger partial charge in [0.2, 0.25) is 11.8 Å². The van der Waals surface area contributed by atoms with Crippen molar-refractivity contribution < 1.29 is 19.1 Å². The van der Waals surface area contributed by atoms with Crippen LogP contribution in [-0.2, 0) is 20.9 Å². The molecular weight excluding hydrogens is 482 g/mol. The fraction of sp³-hybridized carbons (Fsp3) is 0.276. The van der Waals surface area contributed by atoms with Crippen LogP contribution in [-0.4, -0.2) is 45.4 Å². The van der Waals surface area contributed by atoms with Gasteiger partial charge in [0.05, 0.1) is 18.2 Å². The Morgan fingerprint density at radius 3 is 2.42 bits per heavy atom. The largest absolute Gasteiger partial charge is 0.465 e. The van der Waals surface area contributed by atoms with Gasteiger partial charge in [-0.1, -0.05) is 60.7 Å². The van der Waals surface area contributed by atoms with Crippen molar-refractivity contribution in [2.75, 3.05) is 12.0 Å². The number of methoxy groups -OCH3 is 1. The molecule has 9 nitrogen and oxygen atoms in total. The highest BCUT2D eigenvalue weighted by Gasteiger charge is 2.35. The summed E-state index contributed by atoms with van der Waals surface area (Å²) < 4.78 is 6.40. The van der Waals surface area contributed by atoms with Gasteiger partial charge in [-0.25, -0.2) is 9.48 Å². The second-order valence-electron chi connectivity index (χ2n) is 9.58. The molecule has 0 bridgehead atoms. The molecule has 0 fully saturated rings. The minimum Gasteiger partial charge on any atom is -0.465 e. The molecule has 1 heterocycles. The van der Waals surface area contributed by atoms with E-state index in [0.29, 0.717) is 28.7 Å². The Morgan fingerprint density at radius 2 is 1.71 bits per heavy atom. The Labute approximate surface area is 221 Å². The van der Waals surface area contributed by atoms with E-state index >= 15 is 0 Å². The van der Waals surface area contributed by atoms with Gasteiger partial charge in [0, 0.05) is 11.2 Å². The van der Waals surface area contributed by atoms with Crippen molar-refractivity contribution in [3.8, 4) is 0 Å². The first kappa shape index (κ1) is 26.5. The fourth-order valence-corrected chi connectivity index (χ4v) is 4.12. The van der Waals surface area contributed by atoms with Crippen LogP contribution in [0.4, 0.5) is 5.69 Å². The third-order valence-corrected chi connectivity index (χ3v) is 6.49. The molecular formula is C29H31N5O4. The van der Waals surface area contributed by atoms with Crippen molar-refractivity contribution >= 4 is 34.5 Å². The normalized spacial score (nSPS) is 12.1. The van der Waals surface area contributed by atoms with Crippen LogP contribution in [0.25, 0.3) is 11.0 Å². The number of carbonyl (C=O) groups is 3. The number of carbonyl (C=O) groups excluding carboxylic acids is 3. The number of fused-ring (bicyclic) bond motifs is 1. The molecule has 0 unspecified atom stereocenters. The van der Waals surface area contributed by atoms with E-state index in [9.17, 15) is 14.4 Å². The highest BCUT2D eigenvalue weighted by molar-refractivity contribution is 6.02. The first-order valence-corrected chi connectivity index (χ1v) is 12.4. The van der Waals surface area contributed by atoms with E-state index in [1.807, 2.05) is 63.2 Å². The van der Waals surface area contributed by atoms with Gasteiger partial charge in [0.1, 0.15) is 18.1 Å². The Bertz CT molecular complexity index is 1450. The number of ether oxygens (including phenoxy) is 1. The summed E-state index contributed by atoms with van der Waals surface area (Å²) in [4.78, 5) is 41.7.